The van der Waals surface area contributed by atoms with E-state index in [1.54, 1.807) is 19.9 Å². The molecular formula is C48H70O17. The van der Waals surface area contributed by atoms with E-state index in [1.807, 2.05) is 26.8 Å². The predicted octanol–water partition coefficient (Wildman–Crippen LogP) is 3.68. The Labute approximate surface area is 380 Å². The van der Waals surface area contributed by atoms with Crippen molar-refractivity contribution in [3.05, 3.63) is 23.8 Å². The van der Waals surface area contributed by atoms with Crippen molar-refractivity contribution < 1.29 is 82.5 Å². The van der Waals surface area contributed by atoms with Gasteiger partial charge in [0.1, 0.15) is 54.4 Å². The first-order chi connectivity index (χ1) is 30.6. The largest absolute Gasteiger partial charge is 0.479 e. The first kappa shape index (κ1) is 47.7. The lowest BCUT2D eigenvalue weighted by molar-refractivity contribution is -0.363. The number of aliphatic hydroxyl groups excluding tert-OH is 3. The van der Waals surface area contributed by atoms with Gasteiger partial charge in [-0.1, -0.05) is 37.6 Å². The van der Waals surface area contributed by atoms with Crippen LogP contribution in [0.25, 0.3) is 0 Å². The molecule has 10 bridgehead atoms. The molecule has 5 N–H and O–H groups in total. The van der Waals surface area contributed by atoms with Gasteiger partial charge < -0.3 is 68.2 Å². The molecule has 0 aromatic rings. The summed E-state index contributed by atoms with van der Waals surface area (Å²) in [6.07, 6.45) is -1.08. The minimum atomic E-state index is -2.01. The number of rotatable bonds is 2. The maximum Gasteiger partial charge on any atom is 0.336 e. The van der Waals surface area contributed by atoms with E-state index in [1.165, 1.54) is 0 Å². The highest BCUT2D eigenvalue weighted by Gasteiger charge is 2.68. The van der Waals surface area contributed by atoms with Gasteiger partial charge >= 0.3 is 11.9 Å². The van der Waals surface area contributed by atoms with Gasteiger partial charge in [-0.15, -0.1) is 0 Å². The van der Waals surface area contributed by atoms with Crippen LogP contribution in [0, 0.1) is 17.8 Å². The molecule has 0 saturated carbocycles. The minimum Gasteiger partial charge on any atom is -0.479 e. The van der Waals surface area contributed by atoms with Crippen LogP contribution in [0.4, 0.5) is 0 Å². The Morgan fingerprint density at radius 3 is 2.37 bits per heavy atom. The Hall–Kier alpha value is -2.39. The third-order valence-corrected chi connectivity index (χ3v) is 16.4. The number of carboxylic acid groups (broad SMARTS) is 1. The molecule has 8 saturated heterocycles. The van der Waals surface area contributed by atoms with Crippen LogP contribution < -0.4 is 0 Å². The zero-order valence-corrected chi connectivity index (χ0v) is 38.6. The van der Waals surface area contributed by atoms with E-state index >= 15 is 0 Å². The van der Waals surface area contributed by atoms with Crippen molar-refractivity contribution in [2.45, 2.75) is 233 Å². The minimum absolute atomic E-state index is 0.0104. The summed E-state index contributed by atoms with van der Waals surface area (Å²) in [7, 11) is 0. The first-order valence-electron chi connectivity index (χ1n) is 24.1. The van der Waals surface area contributed by atoms with Crippen LogP contribution in [0.3, 0.4) is 0 Å². The van der Waals surface area contributed by atoms with Gasteiger partial charge in [-0.25, -0.2) is 4.79 Å². The number of hydrogen-bond acceptors (Lipinski definition) is 16. The van der Waals surface area contributed by atoms with Crippen LogP contribution in [0.2, 0.25) is 0 Å². The lowest BCUT2D eigenvalue weighted by atomic mass is 9.83. The number of carbonyl (C=O) groups is 3. The Morgan fingerprint density at radius 2 is 1.60 bits per heavy atom. The van der Waals surface area contributed by atoms with Gasteiger partial charge in [0.2, 0.25) is 5.79 Å². The van der Waals surface area contributed by atoms with Gasteiger partial charge in [0.15, 0.2) is 23.0 Å². The molecule has 9 rings (SSSR count). The number of ketones is 1. The normalized spacial score (nSPS) is 54.3. The molecule has 17 heteroatoms. The molecule has 364 valence electrons. The van der Waals surface area contributed by atoms with Crippen molar-refractivity contribution in [1.29, 1.82) is 0 Å². The second-order valence-corrected chi connectivity index (χ2v) is 21.6. The molecule has 20 atom stereocenters. The van der Waals surface area contributed by atoms with Crippen molar-refractivity contribution in [2.75, 3.05) is 6.61 Å². The lowest BCUT2D eigenvalue weighted by Crippen LogP contribution is -2.61. The maximum absolute atomic E-state index is 14.1. The molecule has 0 amide bonds. The number of carbonyl (C=O) groups excluding carboxylic acids is 2. The summed E-state index contributed by atoms with van der Waals surface area (Å²) >= 11 is 0. The van der Waals surface area contributed by atoms with Gasteiger partial charge in [0, 0.05) is 38.5 Å². The van der Waals surface area contributed by atoms with Gasteiger partial charge in [-0.2, -0.15) is 0 Å². The van der Waals surface area contributed by atoms with Crippen molar-refractivity contribution in [1.82, 2.24) is 0 Å². The molecule has 65 heavy (non-hydrogen) atoms. The summed E-state index contributed by atoms with van der Waals surface area (Å²) < 4.78 is 58.1. The number of aliphatic carboxylic acids is 1. The van der Waals surface area contributed by atoms with Crippen LogP contribution in [0.15, 0.2) is 23.8 Å². The SMILES string of the molecule is CC1=C\[C@H](C)C[C@@]2(C)CC[C@@H](O2)[C@@]23CC[C@@](C(=O)O)(C[C@@H](O2)[C@H]2O[C@](C)(CC2=O)[C@@H](O)[C@H]2O[C@@]4(CCC[C@H](O4)[C@@H](C)C(=O)O[C@@H]4C[C@@H]([C@@]5(O)OCC[C@@H](C)[C@H]5O)O[C@@H]4\C=C\1)CC[C@@H]2O)O3. The maximum atomic E-state index is 14.1. The molecule has 9 aliphatic heterocycles. The van der Waals surface area contributed by atoms with E-state index in [4.69, 9.17) is 42.6 Å². The smallest absolute Gasteiger partial charge is 0.336 e. The molecule has 2 spiro atoms. The lowest BCUT2D eigenvalue weighted by Gasteiger charge is -2.50. The summed E-state index contributed by atoms with van der Waals surface area (Å²) in [5.41, 5.74) is -2.91. The van der Waals surface area contributed by atoms with Crippen molar-refractivity contribution >= 4 is 17.7 Å². The fraction of sp³-hybridized carbons (Fsp3) is 0.854. The summed E-state index contributed by atoms with van der Waals surface area (Å²) in [5, 5.41) is 56.9. The van der Waals surface area contributed by atoms with Crippen molar-refractivity contribution in [3.8, 4) is 0 Å². The average molecular weight is 919 g/mol. The molecule has 0 aromatic carbocycles. The molecule has 0 aliphatic carbocycles. The summed E-state index contributed by atoms with van der Waals surface area (Å²) in [6.45, 7) is 11.4. The topological polar surface area (TPSA) is 235 Å². The standard InChI is InChI=1S/C48H70O17/c1-25-9-10-32-33(21-36(58-32)48(56)39(51)27(3)13-19-57-48)59-41(53)28(4)31-8-7-14-46(60-31)16-11-29(49)38(64-46)40(52)44(6)23-30(50)37(63-44)34-24-45(42(54)55)17-18-47(61-34,65-45)35-12-15-43(5,62-35)22-26(2)20-25/h9-10,20,26-29,31-40,49,51-52,56H,7-8,11-19,21-24H2,1-6H3,(H,54,55)/b10-9+,25-20+/t26-,27+,28+,29-,31-,32+,33+,34+,35+,36-,37-,38-,39+,40-,43+,44+,45-,46-,47-,48+/m0/s1. The third kappa shape index (κ3) is 8.59. The number of hydrogen-bond donors (Lipinski definition) is 5. The Kier molecular flexibility index (Phi) is 12.6. The van der Waals surface area contributed by atoms with E-state index in [9.17, 15) is 39.9 Å². The number of Topliss-reactive ketones (excluding diaryl/α,β-unsaturated/α-hetero) is 1. The van der Waals surface area contributed by atoms with E-state index in [0.717, 1.165) is 5.57 Å². The first-order valence-corrected chi connectivity index (χ1v) is 24.1. The monoisotopic (exact) mass is 918 g/mol. The van der Waals surface area contributed by atoms with E-state index in [-0.39, 0.29) is 69.2 Å². The second kappa shape index (κ2) is 17.2. The van der Waals surface area contributed by atoms with Crippen LogP contribution in [-0.4, -0.2) is 151 Å². The number of esters is 1. The second-order valence-electron chi connectivity index (χ2n) is 21.6. The molecule has 8 fully saturated rings. The van der Waals surface area contributed by atoms with E-state index in [0.29, 0.717) is 44.9 Å². The summed E-state index contributed by atoms with van der Waals surface area (Å²) in [5.74, 6) is -7.83. The van der Waals surface area contributed by atoms with Crippen molar-refractivity contribution in [2.24, 2.45) is 17.8 Å². The van der Waals surface area contributed by atoms with Gasteiger partial charge in [-0.05, 0) is 90.9 Å². The molecule has 0 aromatic heterocycles. The highest BCUT2D eigenvalue weighted by Crippen LogP contribution is 2.55. The number of carboxylic acids is 1. The molecule has 0 radical (unpaired) electrons. The zero-order chi connectivity index (χ0) is 46.5. The van der Waals surface area contributed by atoms with Crippen molar-refractivity contribution in [3.63, 3.8) is 0 Å². The van der Waals surface area contributed by atoms with Gasteiger partial charge in [-0.3, -0.25) is 9.59 Å². The average Bonchev–Trinajstić information content (AvgIpc) is 4.01. The Balaban J connectivity index is 1.03. The van der Waals surface area contributed by atoms with Gasteiger partial charge in [0.05, 0.1) is 36.4 Å². The highest BCUT2D eigenvalue weighted by molar-refractivity contribution is 5.87. The third-order valence-electron chi connectivity index (χ3n) is 16.4. The predicted molar refractivity (Wildman–Crippen MR) is 226 cm³/mol. The number of aliphatic hydroxyl groups is 4. The molecule has 9 heterocycles. The van der Waals surface area contributed by atoms with Crippen LogP contribution >= 0.6 is 0 Å². The molecule has 17 nitrogen and oxygen atoms in total. The van der Waals surface area contributed by atoms with Crippen LogP contribution in [0.1, 0.15) is 131 Å². The Bertz CT molecular complexity index is 1910. The number of ether oxygens (including phenoxy) is 9. The van der Waals surface area contributed by atoms with Gasteiger partial charge in [0.25, 0.3) is 0 Å². The fourth-order valence-electron chi connectivity index (χ4n) is 12.6. The Morgan fingerprint density at radius 1 is 0.815 bits per heavy atom. The van der Waals surface area contributed by atoms with Crippen LogP contribution in [-0.2, 0) is 57.0 Å². The van der Waals surface area contributed by atoms with E-state index < -0.39 is 119 Å². The molecule has 0 unspecified atom stereocenters. The van der Waals surface area contributed by atoms with E-state index in [2.05, 4.69) is 13.0 Å². The molecular weight excluding hydrogens is 849 g/mol. The number of allylic oxidation sites excluding steroid dienone is 3. The fourth-order valence-corrected chi connectivity index (χ4v) is 12.6. The zero-order valence-electron chi connectivity index (χ0n) is 38.6. The number of fused-ring (bicyclic) bond motifs is 10. The quantitative estimate of drug-likeness (QED) is 0.249. The summed E-state index contributed by atoms with van der Waals surface area (Å²) in [6, 6.07) is 0. The highest BCUT2D eigenvalue weighted by atomic mass is 16.8. The molecule has 9 aliphatic rings. The van der Waals surface area contributed by atoms with Crippen LogP contribution in [0.5, 0.6) is 0 Å². The summed E-state index contributed by atoms with van der Waals surface area (Å²) in [4.78, 5) is 41.1.